The molecule has 1 aromatic rings. The summed E-state index contributed by atoms with van der Waals surface area (Å²) < 4.78 is 4.97. The van der Waals surface area contributed by atoms with Crippen molar-refractivity contribution in [1.29, 1.82) is 0 Å². The Bertz CT molecular complexity index is 424. The van der Waals surface area contributed by atoms with E-state index in [1.54, 1.807) is 6.92 Å². The van der Waals surface area contributed by atoms with Gasteiger partial charge < -0.3 is 15.6 Å². The zero-order chi connectivity index (χ0) is 14.3. The highest BCUT2D eigenvalue weighted by atomic mass is 35.5. The lowest BCUT2D eigenvalue weighted by Crippen LogP contribution is -2.35. The predicted molar refractivity (Wildman–Crippen MR) is 77.7 cm³/mol. The molecule has 0 saturated heterocycles. The number of esters is 1. The maximum atomic E-state index is 11.8. The van der Waals surface area contributed by atoms with E-state index in [1.807, 2.05) is 30.3 Å². The molecule has 0 aliphatic carbocycles. The summed E-state index contributed by atoms with van der Waals surface area (Å²) in [5.41, 5.74) is 6.45. The normalized spacial score (nSPS) is 12.9. The highest BCUT2D eigenvalue weighted by Gasteiger charge is 2.26. The molecule has 0 bridgehead atoms. The molecule has 0 aromatic heterocycles. The SMILES string of the molecule is CCOC(=O)C(Cc1ccccc1)C[C@H](N)C(=O)O.Cl. The molecular formula is C14H20ClNO4. The van der Waals surface area contributed by atoms with Crippen molar-refractivity contribution in [3.8, 4) is 0 Å². The van der Waals surface area contributed by atoms with E-state index in [2.05, 4.69) is 0 Å². The molecule has 112 valence electrons. The van der Waals surface area contributed by atoms with Gasteiger partial charge in [0.2, 0.25) is 0 Å². The third-order valence-electron chi connectivity index (χ3n) is 2.80. The van der Waals surface area contributed by atoms with Gasteiger partial charge in [0.25, 0.3) is 0 Å². The highest BCUT2D eigenvalue weighted by Crippen LogP contribution is 2.16. The summed E-state index contributed by atoms with van der Waals surface area (Å²) in [5.74, 6) is -2.04. The number of nitrogens with two attached hydrogens (primary N) is 1. The van der Waals surface area contributed by atoms with Crippen LogP contribution in [0, 0.1) is 5.92 Å². The van der Waals surface area contributed by atoms with Crippen molar-refractivity contribution in [1.82, 2.24) is 0 Å². The van der Waals surface area contributed by atoms with E-state index in [9.17, 15) is 9.59 Å². The molecular weight excluding hydrogens is 282 g/mol. The molecule has 0 amide bonds. The number of carbonyl (C=O) groups excluding carboxylic acids is 1. The first kappa shape index (κ1) is 18.4. The third-order valence-corrected chi connectivity index (χ3v) is 2.80. The molecule has 2 atom stereocenters. The van der Waals surface area contributed by atoms with Gasteiger partial charge in [0, 0.05) is 0 Å². The fourth-order valence-electron chi connectivity index (χ4n) is 1.83. The largest absolute Gasteiger partial charge is 0.480 e. The van der Waals surface area contributed by atoms with E-state index in [0.29, 0.717) is 6.42 Å². The molecule has 3 N–H and O–H groups in total. The number of carboxylic acid groups (broad SMARTS) is 1. The van der Waals surface area contributed by atoms with E-state index >= 15 is 0 Å². The summed E-state index contributed by atoms with van der Waals surface area (Å²) in [6.07, 6.45) is 0.504. The van der Waals surface area contributed by atoms with Gasteiger partial charge in [-0.2, -0.15) is 0 Å². The van der Waals surface area contributed by atoms with Gasteiger partial charge in [0.05, 0.1) is 12.5 Å². The van der Waals surface area contributed by atoms with E-state index < -0.39 is 23.9 Å². The third kappa shape index (κ3) is 6.04. The quantitative estimate of drug-likeness (QED) is 0.747. The van der Waals surface area contributed by atoms with Crippen LogP contribution in [0.2, 0.25) is 0 Å². The summed E-state index contributed by atoms with van der Waals surface area (Å²) in [7, 11) is 0. The van der Waals surface area contributed by atoms with Gasteiger partial charge >= 0.3 is 11.9 Å². The van der Waals surface area contributed by atoms with Gasteiger partial charge in [-0.15, -0.1) is 12.4 Å². The van der Waals surface area contributed by atoms with Crippen LogP contribution in [0.3, 0.4) is 0 Å². The van der Waals surface area contributed by atoms with Gasteiger partial charge in [-0.1, -0.05) is 30.3 Å². The van der Waals surface area contributed by atoms with E-state index in [4.69, 9.17) is 15.6 Å². The number of hydrogen-bond acceptors (Lipinski definition) is 4. The Morgan fingerprint density at radius 2 is 1.90 bits per heavy atom. The summed E-state index contributed by atoms with van der Waals surface area (Å²) in [6, 6.07) is 8.34. The molecule has 0 radical (unpaired) electrons. The van der Waals surface area contributed by atoms with E-state index in [-0.39, 0.29) is 25.4 Å². The maximum absolute atomic E-state index is 11.8. The molecule has 1 unspecified atom stereocenters. The molecule has 0 spiro atoms. The Labute approximate surface area is 124 Å². The molecule has 1 aromatic carbocycles. The molecule has 0 aliphatic heterocycles. The first-order valence-corrected chi connectivity index (χ1v) is 6.23. The zero-order valence-corrected chi connectivity index (χ0v) is 12.1. The van der Waals surface area contributed by atoms with Crippen LogP contribution < -0.4 is 5.73 Å². The number of hydrogen-bond donors (Lipinski definition) is 2. The van der Waals surface area contributed by atoms with Gasteiger partial charge in [-0.05, 0) is 25.3 Å². The number of rotatable bonds is 7. The summed E-state index contributed by atoms with van der Waals surface area (Å²) in [4.78, 5) is 22.6. The molecule has 5 nitrogen and oxygen atoms in total. The van der Waals surface area contributed by atoms with Gasteiger partial charge in [0.1, 0.15) is 6.04 Å². The monoisotopic (exact) mass is 301 g/mol. The van der Waals surface area contributed by atoms with Crippen LogP contribution in [0.5, 0.6) is 0 Å². The average molecular weight is 302 g/mol. The highest BCUT2D eigenvalue weighted by molar-refractivity contribution is 5.85. The van der Waals surface area contributed by atoms with Gasteiger partial charge in [-0.3, -0.25) is 9.59 Å². The minimum Gasteiger partial charge on any atom is -0.480 e. The topological polar surface area (TPSA) is 89.6 Å². The minimum atomic E-state index is -1.11. The van der Waals surface area contributed by atoms with Crippen LogP contribution in [0.1, 0.15) is 18.9 Å². The van der Waals surface area contributed by atoms with Gasteiger partial charge in [0.15, 0.2) is 0 Å². The molecule has 0 saturated carbocycles. The summed E-state index contributed by atoms with van der Waals surface area (Å²) >= 11 is 0. The first-order valence-electron chi connectivity index (χ1n) is 6.23. The molecule has 6 heteroatoms. The Morgan fingerprint density at radius 3 is 2.40 bits per heavy atom. The van der Waals surface area contributed by atoms with Crippen LogP contribution in [0.25, 0.3) is 0 Å². The molecule has 0 fully saturated rings. The Morgan fingerprint density at radius 1 is 1.30 bits per heavy atom. The van der Waals surface area contributed by atoms with Crippen LogP contribution >= 0.6 is 12.4 Å². The fourth-order valence-corrected chi connectivity index (χ4v) is 1.83. The molecule has 0 heterocycles. The first-order chi connectivity index (χ1) is 9.04. The van der Waals surface area contributed by atoms with Crippen molar-refractivity contribution in [2.24, 2.45) is 11.7 Å². The van der Waals surface area contributed by atoms with Crippen molar-refractivity contribution < 1.29 is 19.4 Å². The predicted octanol–water partition coefficient (Wildman–Crippen LogP) is 1.63. The second-order valence-corrected chi connectivity index (χ2v) is 4.32. The van der Waals surface area contributed by atoms with Gasteiger partial charge in [-0.25, -0.2) is 0 Å². The Hall–Kier alpha value is -1.59. The van der Waals surface area contributed by atoms with Crippen molar-refractivity contribution in [2.45, 2.75) is 25.8 Å². The second-order valence-electron chi connectivity index (χ2n) is 4.32. The van der Waals surface area contributed by atoms with Crippen molar-refractivity contribution >= 4 is 24.3 Å². The Kier molecular flexibility index (Phi) is 8.59. The van der Waals surface area contributed by atoms with Crippen LogP contribution in [-0.2, 0) is 20.7 Å². The lowest BCUT2D eigenvalue weighted by atomic mass is 9.93. The fraction of sp³-hybridized carbons (Fsp3) is 0.429. The number of carbonyl (C=O) groups is 2. The minimum absolute atomic E-state index is 0. The average Bonchev–Trinajstić information content (AvgIpc) is 2.39. The molecule has 1 rings (SSSR count). The van der Waals surface area contributed by atoms with Crippen LogP contribution in [0.4, 0.5) is 0 Å². The maximum Gasteiger partial charge on any atom is 0.320 e. The Balaban J connectivity index is 0.00000361. The number of ether oxygens (including phenoxy) is 1. The number of aliphatic carboxylic acids is 1. The smallest absolute Gasteiger partial charge is 0.320 e. The standard InChI is InChI=1S/C14H19NO4.ClH/c1-2-19-14(18)11(9-12(15)13(16)17)8-10-6-4-3-5-7-10;/h3-7,11-12H,2,8-9,15H2,1H3,(H,16,17);1H/t11?,12-;/m0./s1. The van der Waals surface area contributed by atoms with Crippen LogP contribution in [0.15, 0.2) is 30.3 Å². The van der Waals surface area contributed by atoms with Crippen LogP contribution in [-0.4, -0.2) is 29.7 Å². The lowest BCUT2D eigenvalue weighted by Gasteiger charge is -2.17. The van der Waals surface area contributed by atoms with E-state index in [1.165, 1.54) is 0 Å². The van der Waals surface area contributed by atoms with Crippen molar-refractivity contribution in [3.63, 3.8) is 0 Å². The number of benzene rings is 1. The van der Waals surface area contributed by atoms with E-state index in [0.717, 1.165) is 5.56 Å². The number of halogens is 1. The summed E-state index contributed by atoms with van der Waals surface area (Å²) in [5, 5.41) is 8.83. The lowest BCUT2D eigenvalue weighted by molar-refractivity contribution is -0.149. The molecule has 20 heavy (non-hydrogen) atoms. The summed E-state index contributed by atoms with van der Waals surface area (Å²) in [6.45, 7) is 1.99. The van der Waals surface area contributed by atoms with Crippen molar-refractivity contribution in [3.05, 3.63) is 35.9 Å². The molecule has 0 aliphatic rings. The zero-order valence-electron chi connectivity index (χ0n) is 11.3. The van der Waals surface area contributed by atoms with Crippen molar-refractivity contribution in [2.75, 3.05) is 6.61 Å². The second kappa shape index (κ2) is 9.34. The number of carboxylic acids is 1.